The SMILES string of the molecule is [c]1ncsc1-c1ccco1. The molecule has 0 N–H and O–H groups in total. The van der Waals surface area contributed by atoms with Gasteiger partial charge >= 0.3 is 0 Å². The summed E-state index contributed by atoms with van der Waals surface area (Å²) in [6.07, 6.45) is 4.46. The Morgan fingerprint density at radius 1 is 1.60 bits per heavy atom. The molecule has 0 saturated heterocycles. The van der Waals surface area contributed by atoms with Gasteiger partial charge in [-0.05, 0) is 12.1 Å². The molecule has 0 aliphatic rings. The van der Waals surface area contributed by atoms with Gasteiger partial charge in [0.25, 0.3) is 0 Å². The number of furan rings is 1. The van der Waals surface area contributed by atoms with Crippen LogP contribution < -0.4 is 0 Å². The molecule has 0 fully saturated rings. The van der Waals surface area contributed by atoms with Crippen LogP contribution in [0.25, 0.3) is 10.6 Å². The number of thiazole rings is 1. The van der Waals surface area contributed by atoms with Gasteiger partial charge in [0.05, 0.1) is 16.7 Å². The molecule has 2 aromatic heterocycles. The molecule has 0 aliphatic heterocycles. The van der Waals surface area contributed by atoms with Crippen LogP contribution in [0.15, 0.2) is 28.3 Å². The van der Waals surface area contributed by atoms with Crippen LogP contribution in [0.4, 0.5) is 0 Å². The molecule has 0 atom stereocenters. The Kier molecular flexibility index (Phi) is 1.29. The van der Waals surface area contributed by atoms with Crippen molar-refractivity contribution in [2.24, 2.45) is 0 Å². The Balaban J connectivity index is 2.48. The van der Waals surface area contributed by atoms with Gasteiger partial charge in [-0.3, -0.25) is 0 Å². The highest BCUT2D eigenvalue weighted by atomic mass is 32.1. The van der Waals surface area contributed by atoms with Gasteiger partial charge in [-0.15, -0.1) is 11.3 Å². The van der Waals surface area contributed by atoms with Crippen molar-refractivity contribution in [2.75, 3.05) is 0 Å². The van der Waals surface area contributed by atoms with Crippen LogP contribution in [0.3, 0.4) is 0 Å². The molecule has 2 heterocycles. The van der Waals surface area contributed by atoms with E-state index < -0.39 is 0 Å². The van der Waals surface area contributed by atoms with Gasteiger partial charge < -0.3 is 4.42 Å². The highest BCUT2D eigenvalue weighted by Crippen LogP contribution is 2.22. The smallest absolute Gasteiger partial charge is 0.146 e. The second kappa shape index (κ2) is 2.27. The monoisotopic (exact) mass is 150 g/mol. The molecule has 0 aromatic carbocycles. The van der Waals surface area contributed by atoms with E-state index in [1.807, 2.05) is 12.1 Å². The first-order valence-electron chi connectivity index (χ1n) is 2.82. The summed E-state index contributed by atoms with van der Waals surface area (Å²) in [7, 11) is 0. The summed E-state index contributed by atoms with van der Waals surface area (Å²) in [4.78, 5) is 4.76. The second-order valence-corrected chi connectivity index (χ2v) is 2.63. The molecule has 2 nitrogen and oxygen atoms in total. The zero-order valence-corrected chi connectivity index (χ0v) is 5.89. The second-order valence-electron chi connectivity index (χ2n) is 1.77. The van der Waals surface area contributed by atoms with Crippen molar-refractivity contribution < 1.29 is 4.42 Å². The van der Waals surface area contributed by atoms with E-state index in [9.17, 15) is 0 Å². The van der Waals surface area contributed by atoms with Crippen molar-refractivity contribution in [1.29, 1.82) is 0 Å². The minimum Gasteiger partial charge on any atom is -0.463 e. The van der Waals surface area contributed by atoms with Crippen molar-refractivity contribution in [3.8, 4) is 10.6 Å². The van der Waals surface area contributed by atoms with Crippen LogP contribution in [0.5, 0.6) is 0 Å². The molecule has 2 aromatic rings. The van der Waals surface area contributed by atoms with E-state index in [1.54, 1.807) is 11.8 Å². The number of rotatable bonds is 1. The van der Waals surface area contributed by atoms with Gasteiger partial charge in [-0.25, -0.2) is 4.98 Å². The first-order valence-corrected chi connectivity index (χ1v) is 3.70. The summed E-state index contributed by atoms with van der Waals surface area (Å²) in [5, 5.41) is 0. The van der Waals surface area contributed by atoms with E-state index in [0.29, 0.717) is 0 Å². The summed E-state index contributed by atoms with van der Waals surface area (Å²) in [6, 6.07) is 3.74. The molecule has 10 heavy (non-hydrogen) atoms. The molecule has 0 amide bonds. The number of hydrogen-bond donors (Lipinski definition) is 0. The third kappa shape index (κ3) is 0.844. The minimum absolute atomic E-state index is 0.836. The third-order valence-electron chi connectivity index (χ3n) is 1.13. The summed E-state index contributed by atoms with van der Waals surface area (Å²) < 4.78 is 5.12. The topological polar surface area (TPSA) is 26.0 Å². The molecule has 0 saturated carbocycles. The van der Waals surface area contributed by atoms with Gasteiger partial charge in [0.1, 0.15) is 12.0 Å². The van der Waals surface area contributed by atoms with Crippen molar-refractivity contribution in [3.05, 3.63) is 30.1 Å². The van der Waals surface area contributed by atoms with Crippen LogP contribution in [-0.2, 0) is 0 Å². The molecular formula is C7H4NOS. The maximum absolute atomic E-state index is 5.12. The molecular weight excluding hydrogens is 146 g/mol. The maximum atomic E-state index is 5.12. The molecule has 1 radical (unpaired) electrons. The Bertz CT molecular complexity index is 253. The van der Waals surface area contributed by atoms with Crippen molar-refractivity contribution in [1.82, 2.24) is 4.98 Å². The first kappa shape index (κ1) is 5.68. The van der Waals surface area contributed by atoms with Gasteiger partial charge in [0.15, 0.2) is 0 Å². The van der Waals surface area contributed by atoms with Crippen LogP contribution in [0.2, 0.25) is 0 Å². The predicted molar refractivity (Wildman–Crippen MR) is 38.7 cm³/mol. The summed E-state index contributed by atoms with van der Waals surface area (Å²) in [5.41, 5.74) is 1.73. The fraction of sp³-hybridized carbons (Fsp3) is 0. The summed E-state index contributed by atoms with van der Waals surface area (Å²) in [6.45, 7) is 0. The van der Waals surface area contributed by atoms with Crippen LogP contribution in [0, 0.1) is 6.20 Å². The maximum Gasteiger partial charge on any atom is 0.146 e. The average Bonchev–Trinajstić information content (AvgIpc) is 2.59. The predicted octanol–water partition coefficient (Wildman–Crippen LogP) is 2.20. The Hall–Kier alpha value is -1.09. The third-order valence-corrected chi connectivity index (χ3v) is 1.87. The fourth-order valence-electron chi connectivity index (χ4n) is 0.711. The van der Waals surface area contributed by atoms with E-state index in [4.69, 9.17) is 4.42 Å². The lowest BCUT2D eigenvalue weighted by molar-refractivity contribution is 0.583. The largest absolute Gasteiger partial charge is 0.463 e. The Morgan fingerprint density at radius 3 is 3.20 bits per heavy atom. The summed E-state index contributed by atoms with van der Waals surface area (Å²) in [5.74, 6) is 0.836. The molecule has 0 bridgehead atoms. The molecule has 0 aliphatic carbocycles. The van der Waals surface area contributed by atoms with Crippen molar-refractivity contribution >= 4 is 11.3 Å². The molecule has 2 rings (SSSR count). The molecule has 3 heteroatoms. The van der Waals surface area contributed by atoms with E-state index in [0.717, 1.165) is 10.6 Å². The van der Waals surface area contributed by atoms with Gasteiger partial charge in [0.2, 0.25) is 0 Å². The van der Waals surface area contributed by atoms with Crippen molar-refractivity contribution in [3.63, 3.8) is 0 Å². The fourth-order valence-corrected chi connectivity index (χ4v) is 1.26. The van der Waals surface area contributed by atoms with E-state index in [1.165, 1.54) is 11.3 Å². The van der Waals surface area contributed by atoms with E-state index >= 15 is 0 Å². The minimum atomic E-state index is 0.836. The Morgan fingerprint density at radius 2 is 2.60 bits per heavy atom. The molecule has 49 valence electrons. The van der Waals surface area contributed by atoms with Crippen LogP contribution in [0.1, 0.15) is 0 Å². The number of aromatic nitrogens is 1. The van der Waals surface area contributed by atoms with Gasteiger partial charge in [-0.1, -0.05) is 0 Å². The first-order chi connectivity index (χ1) is 4.97. The quantitative estimate of drug-likeness (QED) is 0.622. The number of hydrogen-bond acceptors (Lipinski definition) is 3. The lowest BCUT2D eigenvalue weighted by atomic mass is 10.4. The lowest BCUT2D eigenvalue weighted by Crippen LogP contribution is -1.61. The van der Waals surface area contributed by atoms with Crippen molar-refractivity contribution in [2.45, 2.75) is 0 Å². The van der Waals surface area contributed by atoms with E-state index in [-0.39, 0.29) is 0 Å². The van der Waals surface area contributed by atoms with Crippen LogP contribution >= 0.6 is 11.3 Å². The summed E-state index contributed by atoms with van der Waals surface area (Å²) >= 11 is 1.52. The molecule has 0 unspecified atom stereocenters. The highest BCUT2D eigenvalue weighted by molar-refractivity contribution is 7.13. The standard InChI is InChI=1S/C7H4NOS/c1-2-6(9-3-1)7-4-8-5-10-7/h1-3,5H. The number of nitrogens with zero attached hydrogens (tertiary/aromatic N) is 1. The lowest BCUT2D eigenvalue weighted by Gasteiger charge is -1.82. The van der Waals surface area contributed by atoms with E-state index in [2.05, 4.69) is 11.2 Å². The molecule has 0 spiro atoms. The zero-order valence-electron chi connectivity index (χ0n) is 5.07. The average molecular weight is 150 g/mol. The van der Waals surface area contributed by atoms with Gasteiger partial charge in [-0.2, -0.15) is 0 Å². The Labute approximate surface area is 62.1 Å². The van der Waals surface area contributed by atoms with Crippen LogP contribution in [-0.4, -0.2) is 4.98 Å². The highest BCUT2D eigenvalue weighted by Gasteiger charge is 2.00. The normalized spacial score (nSPS) is 10.0. The van der Waals surface area contributed by atoms with Gasteiger partial charge in [0, 0.05) is 0 Å². The zero-order chi connectivity index (χ0) is 6.81.